The van der Waals surface area contributed by atoms with E-state index in [9.17, 15) is 18.0 Å². The standard InChI is InChI=1S/C17H17F3N2O2/c1-11(16(21)23)22-10-12-5-7-13(8-6-12)14-3-2-4-15(9-14)24-17(18,19)20/h2-9,11,22H,10H2,1H3,(H2,21,23)/t11-/m0/s1. The highest BCUT2D eigenvalue weighted by molar-refractivity contribution is 5.79. The minimum Gasteiger partial charge on any atom is -0.406 e. The maximum Gasteiger partial charge on any atom is 0.573 e. The Hall–Kier alpha value is -2.54. The highest BCUT2D eigenvalue weighted by Gasteiger charge is 2.31. The van der Waals surface area contributed by atoms with Gasteiger partial charge in [-0.3, -0.25) is 4.79 Å². The summed E-state index contributed by atoms with van der Waals surface area (Å²) >= 11 is 0. The number of primary amides is 1. The summed E-state index contributed by atoms with van der Waals surface area (Å²) in [6.07, 6.45) is -4.72. The Bertz CT molecular complexity index is 700. The molecule has 2 aromatic carbocycles. The first-order valence-corrected chi connectivity index (χ1v) is 7.22. The zero-order chi connectivity index (χ0) is 17.7. The van der Waals surface area contributed by atoms with Gasteiger partial charge < -0.3 is 15.8 Å². The van der Waals surface area contributed by atoms with E-state index in [4.69, 9.17) is 5.73 Å². The van der Waals surface area contributed by atoms with Crippen molar-refractivity contribution in [3.8, 4) is 16.9 Å². The third kappa shape index (κ3) is 5.27. The number of rotatable bonds is 6. The fourth-order valence-corrected chi connectivity index (χ4v) is 2.06. The number of nitrogens with one attached hydrogen (secondary N) is 1. The minimum absolute atomic E-state index is 0.263. The van der Waals surface area contributed by atoms with E-state index in [-0.39, 0.29) is 5.75 Å². The van der Waals surface area contributed by atoms with Crippen molar-refractivity contribution in [2.24, 2.45) is 5.73 Å². The Morgan fingerprint density at radius 3 is 2.42 bits per heavy atom. The number of hydrogen-bond donors (Lipinski definition) is 2. The Morgan fingerprint density at radius 1 is 1.17 bits per heavy atom. The highest BCUT2D eigenvalue weighted by Crippen LogP contribution is 2.28. The van der Waals surface area contributed by atoms with Crippen molar-refractivity contribution in [3.05, 3.63) is 54.1 Å². The molecule has 1 atom stereocenters. The van der Waals surface area contributed by atoms with Crippen molar-refractivity contribution in [2.75, 3.05) is 0 Å². The van der Waals surface area contributed by atoms with Crippen LogP contribution in [0.1, 0.15) is 12.5 Å². The maximum atomic E-state index is 12.3. The van der Waals surface area contributed by atoms with Crippen molar-refractivity contribution in [1.29, 1.82) is 0 Å². The molecule has 0 aliphatic rings. The lowest BCUT2D eigenvalue weighted by atomic mass is 10.0. The smallest absolute Gasteiger partial charge is 0.406 e. The number of carbonyl (C=O) groups is 1. The van der Waals surface area contributed by atoms with Gasteiger partial charge in [0.05, 0.1) is 6.04 Å². The third-order valence-corrected chi connectivity index (χ3v) is 3.39. The average molecular weight is 338 g/mol. The summed E-state index contributed by atoms with van der Waals surface area (Å²) in [5.74, 6) is -0.700. The normalized spacial score (nSPS) is 12.7. The van der Waals surface area contributed by atoms with Crippen LogP contribution in [0.2, 0.25) is 0 Å². The van der Waals surface area contributed by atoms with Gasteiger partial charge in [-0.25, -0.2) is 0 Å². The molecule has 0 fully saturated rings. The number of ether oxygens (including phenoxy) is 1. The van der Waals surface area contributed by atoms with Crippen LogP contribution in [0.3, 0.4) is 0 Å². The van der Waals surface area contributed by atoms with E-state index in [0.29, 0.717) is 12.1 Å². The largest absolute Gasteiger partial charge is 0.573 e. The van der Waals surface area contributed by atoms with Crippen molar-refractivity contribution in [1.82, 2.24) is 5.32 Å². The molecule has 0 unspecified atom stereocenters. The molecule has 4 nitrogen and oxygen atoms in total. The van der Waals surface area contributed by atoms with Gasteiger partial charge in [-0.15, -0.1) is 13.2 Å². The summed E-state index contributed by atoms with van der Waals surface area (Å²) in [4.78, 5) is 11.0. The molecule has 2 rings (SSSR count). The number of hydrogen-bond acceptors (Lipinski definition) is 3. The molecular weight excluding hydrogens is 321 g/mol. The van der Waals surface area contributed by atoms with E-state index in [0.717, 1.165) is 11.1 Å². The predicted molar refractivity (Wildman–Crippen MR) is 84.1 cm³/mol. The van der Waals surface area contributed by atoms with Gasteiger partial charge in [0.25, 0.3) is 0 Å². The van der Waals surface area contributed by atoms with Crippen molar-refractivity contribution < 1.29 is 22.7 Å². The molecule has 1 amide bonds. The van der Waals surface area contributed by atoms with Crippen LogP contribution in [0.5, 0.6) is 5.75 Å². The summed E-state index contributed by atoms with van der Waals surface area (Å²) < 4.78 is 40.7. The first-order chi connectivity index (χ1) is 11.2. The number of nitrogens with two attached hydrogens (primary N) is 1. The van der Waals surface area contributed by atoms with E-state index >= 15 is 0 Å². The lowest BCUT2D eigenvalue weighted by molar-refractivity contribution is -0.274. The van der Waals surface area contributed by atoms with Crippen LogP contribution in [-0.2, 0) is 11.3 Å². The number of amides is 1. The Kier molecular flexibility index (Phi) is 5.46. The zero-order valence-corrected chi connectivity index (χ0v) is 12.9. The van der Waals surface area contributed by atoms with Crippen LogP contribution in [0, 0.1) is 0 Å². The zero-order valence-electron chi connectivity index (χ0n) is 12.9. The second kappa shape index (κ2) is 7.35. The molecule has 0 spiro atoms. The fraction of sp³-hybridized carbons (Fsp3) is 0.235. The molecule has 0 heterocycles. The van der Waals surface area contributed by atoms with Crippen molar-refractivity contribution >= 4 is 5.91 Å². The molecule has 24 heavy (non-hydrogen) atoms. The Morgan fingerprint density at radius 2 is 1.83 bits per heavy atom. The van der Waals surface area contributed by atoms with Crippen LogP contribution in [-0.4, -0.2) is 18.3 Å². The number of alkyl halides is 3. The second-order valence-corrected chi connectivity index (χ2v) is 5.28. The lowest BCUT2D eigenvalue weighted by Crippen LogP contribution is -2.38. The van der Waals surface area contributed by atoms with Gasteiger partial charge in [0.2, 0.25) is 5.91 Å². The van der Waals surface area contributed by atoms with Gasteiger partial charge in [0.15, 0.2) is 0 Å². The summed E-state index contributed by atoms with van der Waals surface area (Å²) in [6, 6.07) is 12.6. The first kappa shape index (κ1) is 17.8. The Labute approximate surface area is 137 Å². The monoisotopic (exact) mass is 338 g/mol. The molecule has 3 N–H and O–H groups in total. The summed E-state index contributed by atoms with van der Waals surface area (Å²) in [7, 11) is 0. The maximum absolute atomic E-state index is 12.3. The lowest BCUT2D eigenvalue weighted by Gasteiger charge is -2.11. The van der Waals surface area contributed by atoms with Crippen LogP contribution < -0.4 is 15.8 Å². The summed E-state index contributed by atoms with van der Waals surface area (Å²) in [5, 5.41) is 2.97. The van der Waals surface area contributed by atoms with Gasteiger partial charge in [0, 0.05) is 6.54 Å². The average Bonchev–Trinajstić information content (AvgIpc) is 2.51. The predicted octanol–water partition coefficient (Wildman–Crippen LogP) is 3.22. The van der Waals surface area contributed by atoms with E-state index in [1.807, 2.05) is 12.1 Å². The van der Waals surface area contributed by atoms with E-state index in [1.54, 1.807) is 25.1 Å². The van der Waals surface area contributed by atoms with Crippen LogP contribution in [0.4, 0.5) is 13.2 Å². The van der Waals surface area contributed by atoms with Gasteiger partial charge in [-0.2, -0.15) is 0 Å². The minimum atomic E-state index is -4.72. The second-order valence-electron chi connectivity index (χ2n) is 5.28. The SMILES string of the molecule is C[C@H](NCc1ccc(-c2cccc(OC(F)(F)F)c2)cc1)C(N)=O. The molecule has 0 aliphatic heterocycles. The van der Waals surface area contributed by atoms with Crippen LogP contribution in [0.15, 0.2) is 48.5 Å². The molecule has 0 aliphatic carbocycles. The Balaban J connectivity index is 2.08. The number of carbonyl (C=O) groups excluding carboxylic acids is 1. The fourth-order valence-electron chi connectivity index (χ4n) is 2.06. The molecule has 0 radical (unpaired) electrons. The first-order valence-electron chi connectivity index (χ1n) is 7.22. The molecule has 128 valence electrons. The third-order valence-electron chi connectivity index (χ3n) is 3.39. The molecule has 0 saturated carbocycles. The van der Waals surface area contributed by atoms with E-state index in [1.165, 1.54) is 18.2 Å². The quantitative estimate of drug-likeness (QED) is 0.850. The van der Waals surface area contributed by atoms with Gasteiger partial charge in [-0.05, 0) is 35.7 Å². The number of benzene rings is 2. The molecular formula is C17H17F3N2O2. The topological polar surface area (TPSA) is 64.3 Å². The van der Waals surface area contributed by atoms with Gasteiger partial charge in [0.1, 0.15) is 5.75 Å². The van der Waals surface area contributed by atoms with Crippen molar-refractivity contribution in [2.45, 2.75) is 25.9 Å². The highest BCUT2D eigenvalue weighted by atomic mass is 19.4. The van der Waals surface area contributed by atoms with E-state index < -0.39 is 18.3 Å². The van der Waals surface area contributed by atoms with Gasteiger partial charge >= 0.3 is 6.36 Å². The van der Waals surface area contributed by atoms with Crippen LogP contribution in [0.25, 0.3) is 11.1 Å². The molecule has 0 aromatic heterocycles. The summed E-state index contributed by atoms with van der Waals surface area (Å²) in [5.41, 5.74) is 7.46. The molecule has 7 heteroatoms. The van der Waals surface area contributed by atoms with Crippen LogP contribution >= 0.6 is 0 Å². The molecule has 0 saturated heterocycles. The summed E-state index contributed by atoms with van der Waals surface area (Å²) in [6.45, 7) is 2.13. The molecule has 0 bridgehead atoms. The number of halogens is 3. The van der Waals surface area contributed by atoms with Crippen molar-refractivity contribution in [3.63, 3.8) is 0 Å². The molecule has 2 aromatic rings. The van der Waals surface area contributed by atoms with E-state index in [2.05, 4.69) is 10.1 Å². The van der Waals surface area contributed by atoms with Gasteiger partial charge in [-0.1, -0.05) is 36.4 Å².